The molecule has 0 amide bonds. The zero-order chi connectivity index (χ0) is 6.85. The Kier molecular flexibility index (Phi) is 1.97. The maximum atomic E-state index is 10.3. The van der Waals surface area contributed by atoms with Crippen LogP contribution < -0.4 is 4.72 Å². The van der Waals surface area contributed by atoms with Crippen LogP contribution in [0.3, 0.4) is 0 Å². The van der Waals surface area contributed by atoms with Crippen molar-refractivity contribution in [2.45, 2.75) is 12.5 Å². The minimum atomic E-state index is -0.716. The molecule has 0 aromatic heterocycles. The van der Waals surface area contributed by atoms with E-state index in [0.29, 0.717) is 0 Å². The first-order valence-corrected chi connectivity index (χ1v) is 4.62. The van der Waals surface area contributed by atoms with Gasteiger partial charge in [-0.2, -0.15) is 0 Å². The number of nitrogens with one attached hydrogen (secondary N) is 1. The van der Waals surface area contributed by atoms with Crippen LogP contribution in [0.5, 0.6) is 0 Å². The average Bonchev–Trinajstić information content (AvgIpc) is 2.14. The van der Waals surface area contributed by atoms with Gasteiger partial charge in [-0.3, -0.25) is 4.79 Å². The summed E-state index contributed by atoms with van der Waals surface area (Å²) >= 11 is 0.146. The lowest BCUT2D eigenvalue weighted by Gasteiger charge is -1.96. The Hall–Kier alpha value is -0.220. The summed E-state index contributed by atoms with van der Waals surface area (Å²) < 4.78 is 2.98. The molecule has 1 rings (SSSR count). The maximum absolute atomic E-state index is 10.3. The van der Waals surface area contributed by atoms with Gasteiger partial charge in [-0.15, -0.1) is 4.72 Å². The van der Waals surface area contributed by atoms with E-state index in [1.165, 1.54) is 0 Å². The molecule has 0 aromatic carbocycles. The molecule has 2 atom stereocenters. The van der Waals surface area contributed by atoms with Crippen molar-refractivity contribution in [1.82, 2.24) is 4.72 Å². The molecule has 3 nitrogen and oxygen atoms in total. The Morgan fingerprint density at radius 2 is 2.56 bits per heavy atom. The molecule has 1 aliphatic heterocycles. The second-order valence-corrected chi connectivity index (χ2v) is 4.06. The van der Waals surface area contributed by atoms with E-state index in [4.69, 9.17) is 5.11 Å². The van der Waals surface area contributed by atoms with Crippen LogP contribution in [0.2, 0.25) is 0 Å². The molecule has 0 saturated carbocycles. The Bertz CT molecular complexity index is 128. The van der Waals surface area contributed by atoms with Crippen LogP contribution in [0.1, 0.15) is 6.42 Å². The molecular formula is C5H10NO2S+. The van der Waals surface area contributed by atoms with Crippen LogP contribution >= 0.6 is 0 Å². The highest BCUT2D eigenvalue weighted by atomic mass is 32.2. The van der Waals surface area contributed by atoms with Crippen LogP contribution in [0.25, 0.3) is 0 Å². The molecule has 0 radical (unpaired) electrons. The third-order valence-electron chi connectivity index (χ3n) is 1.35. The predicted molar refractivity (Wildman–Crippen MR) is 37.3 cm³/mol. The van der Waals surface area contributed by atoms with Gasteiger partial charge in [0, 0.05) is 6.42 Å². The van der Waals surface area contributed by atoms with E-state index in [9.17, 15) is 4.79 Å². The van der Waals surface area contributed by atoms with Gasteiger partial charge < -0.3 is 5.11 Å². The molecule has 1 saturated heterocycles. The van der Waals surface area contributed by atoms with Gasteiger partial charge in [-0.05, 0) is 0 Å². The van der Waals surface area contributed by atoms with Crippen LogP contribution in [-0.2, 0) is 15.9 Å². The molecule has 0 aromatic rings. The second kappa shape index (κ2) is 2.58. The fraction of sp³-hybridized carbons (Fsp3) is 0.800. The number of carbonyl (C=O) groups is 1. The van der Waals surface area contributed by atoms with E-state index in [-0.39, 0.29) is 17.1 Å². The minimum absolute atomic E-state index is 0.146. The fourth-order valence-electron chi connectivity index (χ4n) is 0.829. The zero-order valence-corrected chi connectivity index (χ0v) is 6.07. The number of carboxylic acid groups (broad SMARTS) is 1. The molecule has 9 heavy (non-hydrogen) atoms. The zero-order valence-electron chi connectivity index (χ0n) is 5.26. The van der Waals surface area contributed by atoms with Crippen LogP contribution in [0, 0.1) is 0 Å². The van der Waals surface area contributed by atoms with Crippen LogP contribution in [0.15, 0.2) is 0 Å². The highest BCUT2D eigenvalue weighted by Gasteiger charge is 2.33. The molecule has 0 aliphatic carbocycles. The van der Waals surface area contributed by atoms with E-state index in [1.54, 1.807) is 0 Å². The fourth-order valence-corrected chi connectivity index (χ4v) is 2.24. The first-order valence-electron chi connectivity index (χ1n) is 2.81. The summed E-state index contributed by atoms with van der Waals surface area (Å²) in [7, 11) is 0. The van der Waals surface area contributed by atoms with Gasteiger partial charge in [0.1, 0.15) is 12.0 Å². The Morgan fingerprint density at radius 1 is 1.89 bits per heavy atom. The standard InChI is InChI=1S/C5H9NO2S/c1-9-3-2-4(6-9)5(7)8/h4,6H,2-3H2,1H3/p+1/t4-,9?/m0/s1. The average molecular weight is 148 g/mol. The summed E-state index contributed by atoms with van der Waals surface area (Å²) in [6.07, 6.45) is 2.82. The Labute approximate surface area is 56.9 Å². The lowest BCUT2D eigenvalue weighted by atomic mass is 10.2. The normalized spacial score (nSPS) is 34.8. The molecule has 0 spiro atoms. The van der Waals surface area contributed by atoms with E-state index in [0.717, 1.165) is 12.2 Å². The lowest BCUT2D eigenvalue weighted by molar-refractivity contribution is -0.138. The third kappa shape index (κ3) is 1.59. The summed E-state index contributed by atoms with van der Waals surface area (Å²) in [5.41, 5.74) is 0. The molecule has 1 fully saturated rings. The van der Waals surface area contributed by atoms with Gasteiger partial charge in [0.15, 0.2) is 6.04 Å². The summed E-state index contributed by atoms with van der Waals surface area (Å²) in [6, 6.07) is -0.279. The van der Waals surface area contributed by atoms with Gasteiger partial charge in [0.05, 0.1) is 11.1 Å². The van der Waals surface area contributed by atoms with Gasteiger partial charge in [-0.1, -0.05) is 0 Å². The van der Waals surface area contributed by atoms with Gasteiger partial charge in [0.25, 0.3) is 0 Å². The molecule has 2 N–H and O–H groups in total. The van der Waals surface area contributed by atoms with E-state index < -0.39 is 5.97 Å². The quantitative estimate of drug-likeness (QED) is 0.497. The number of rotatable bonds is 1. The van der Waals surface area contributed by atoms with Crippen molar-refractivity contribution in [3.63, 3.8) is 0 Å². The number of hydrogen-bond donors (Lipinski definition) is 2. The SMILES string of the molecule is C[S+]1CC[C@@H](C(=O)O)N1. The molecule has 1 aliphatic rings. The second-order valence-electron chi connectivity index (χ2n) is 2.14. The third-order valence-corrected chi connectivity index (χ3v) is 2.89. The first kappa shape index (κ1) is 6.89. The number of hydrogen-bond acceptors (Lipinski definition) is 2. The van der Waals surface area contributed by atoms with Crippen molar-refractivity contribution in [3.8, 4) is 0 Å². The van der Waals surface area contributed by atoms with E-state index >= 15 is 0 Å². The largest absolute Gasteiger partial charge is 0.480 e. The van der Waals surface area contributed by atoms with Gasteiger partial charge in [-0.25, -0.2) is 0 Å². The Balaban J connectivity index is 2.39. The van der Waals surface area contributed by atoms with E-state index in [1.807, 2.05) is 6.26 Å². The first-order chi connectivity index (χ1) is 4.20. The van der Waals surface area contributed by atoms with Gasteiger partial charge in [0.2, 0.25) is 0 Å². The lowest BCUT2D eigenvalue weighted by Crippen LogP contribution is -2.32. The van der Waals surface area contributed by atoms with Crippen molar-refractivity contribution in [3.05, 3.63) is 0 Å². The maximum Gasteiger partial charge on any atom is 0.325 e. The molecular weight excluding hydrogens is 138 g/mol. The minimum Gasteiger partial charge on any atom is -0.480 e. The Morgan fingerprint density at radius 3 is 2.78 bits per heavy atom. The molecule has 52 valence electrons. The monoisotopic (exact) mass is 148 g/mol. The van der Waals surface area contributed by atoms with Crippen LogP contribution in [0.4, 0.5) is 0 Å². The van der Waals surface area contributed by atoms with Crippen molar-refractivity contribution >= 4 is 17.1 Å². The molecule has 1 unspecified atom stereocenters. The predicted octanol–water partition coefficient (Wildman–Crippen LogP) is -0.404. The summed E-state index contributed by atoms with van der Waals surface area (Å²) in [4.78, 5) is 10.3. The van der Waals surface area contributed by atoms with Gasteiger partial charge >= 0.3 is 5.97 Å². The van der Waals surface area contributed by atoms with Crippen molar-refractivity contribution < 1.29 is 9.90 Å². The molecule has 1 heterocycles. The van der Waals surface area contributed by atoms with Crippen molar-refractivity contribution in [2.75, 3.05) is 12.0 Å². The molecule has 0 bridgehead atoms. The van der Waals surface area contributed by atoms with Crippen molar-refractivity contribution in [2.24, 2.45) is 0 Å². The summed E-state index contributed by atoms with van der Waals surface area (Å²) in [5, 5.41) is 8.47. The van der Waals surface area contributed by atoms with E-state index in [2.05, 4.69) is 4.72 Å². The highest BCUT2D eigenvalue weighted by molar-refractivity contribution is 7.94. The smallest absolute Gasteiger partial charge is 0.325 e. The number of aliphatic carboxylic acids is 1. The highest BCUT2D eigenvalue weighted by Crippen LogP contribution is 2.07. The number of carboxylic acids is 1. The van der Waals surface area contributed by atoms with Crippen LogP contribution in [-0.4, -0.2) is 29.1 Å². The van der Waals surface area contributed by atoms with Crippen molar-refractivity contribution in [1.29, 1.82) is 0 Å². The summed E-state index contributed by atoms with van der Waals surface area (Å²) in [6.45, 7) is 0. The summed E-state index contributed by atoms with van der Waals surface area (Å²) in [5.74, 6) is 0.295. The molecule has 4 heteroatoms. The topological polar surface area (TPSA) is 49.3 Å².